The fourth-order valence-corrected chi connectivity index (χ4v) is 5.62. The van der Waals surface area contributed by atoms with E-state index in [0.29, 0.717) is 46.3 Å². The molecule has 0 saturated carbocycles. The summed E-state index contributed by atoms with van der Waals surface area (Å²) in [6.07, 6.45) is -3.61. The van der Waals surface area contributed by atoms with Crippen LogP contribution in [0.25, 0.3) is 10.8 Å². The maximum atomic E-state index is 13.1. The number of aliphatic hydroxyl groups is 1. The van der Waals surface area contributed by atoms with Gasteiger partial charge in [-0.05, 0) is 67.1 Å². The maximum absolute atomic E-state index is 13.1. The van der Waals surface area contributed by atoms with Crippen molar-refractivity contribution in [3.63, 3.8) is 0 Å². The van der Waals surface area contributed by atoms with Crippen LogP contribution >= 0.6 is 0 Å². The normalized spacial score (nSPS) is 16.1. The zero-order valence-electron chi connectivity index (χ0n) is 22.2. The van der Waals surface area contributed by atoms with Crippen molar-refractivity contribution in [2.24, 2.45) is 0 Å². The number of alkyl halides is 3. The van der Waals surface area contributed by atoms with Crippen LogP contribution in [0, 0.1) is 6.92 Å². The molecule has 2 N–H and O–H groups in total. The van der Waals surface area contributed by atoms with Crippen LogP contribution in [0.3, 0.4) is 0 Å². The highest BCUT2D eigenvalue weighted by Gasteiger charge is 2.33. The van der Waals surface area contributed by atoms with E-state index in [1.165, 1.54) is 17.0 Å². The number of carbonyl (C=O) groups is 1. The lowest BCUT2D eigenvalue weighted by molar-refractivity contribution is -0.149. The molecule has 1 amide bonds. The Labute approximate surface area is 231 Å². The van der Waals surface area contributed by atoms with Gasteiger partial charge in [0, 0.05) is 29.7 Å². The van der Waals surface area contributed by atoms with Crippen LogP contribution in [0.2, 0.25) is 0 Å². The first-order chi connectivity index (χ1) is 18.9. The Bertz CT molecular complexity index is 1450. The van der Waals surface area contributed by atoms with Crippen molar-refractivity contribution in [3.8, 4) is 5.88 Å². The number of likely N-dealkylation sites (tertiary alicyclic amines) is 1. The van der Waals surface area contributed by atoms with Gasteiger partial charge in [0.25, 0.3) is 5.91 Å². The number of piperidine rings is 1. The summed E-state index contributed by atoms with van der Waals surface area (Å²) in [5.41, 5.74) is 1.56. The number of pyridine rings is 1. The van der Waals surface area contributed by atoms with Crippen molar-refractivity contribution in [2.75, 3.05) is 32.0 Å². The van der Waals surface area contributed by atoms with Crippen molar-refractivity contribution in [1.82, 2.24) is 15.2 Å². The number of amides is 1. The first kappa shape index (κ1) is 29.8. The third kappa shape index (κ3) is 7.29. The number of sulfone groups is 1. The second kappa shape index (κ2) is 12.1. The van der Waals surface area contributed by atoms with Crippen LogP contribution in [-0.2, 0) is 9.84 Å². The van der Waals surface area contributed by atoms with Crippen molar-refractivity contribution in [3.05, 3.63) is 65.4 Å². The van der Waals surface area contributed by atoms with E-state index in [-0.39, 0.29) is 36.4 Å². The average Bonchev–Trinajstić information content (AvgIpc) is 2.91. The summed E-state index contributed by atoms with van der Waals surface area (Å²) in [5, 5.41) is 14.1. The molecule has 0 spiro atoms. The molecule has 0 radical (unpaired) electrons. The molecule has 0 bridgehead atoms. The van der Waals surface area contributed by atoms with Gasteiger partial charge in [0.2, 0.25) is 5.88 Å². The molecule has 0 aliphatic carbocycles. The molecule has 4 rings (SSSR count). The van der Waals surface area contributed by atoms with E-state index in [0.717, 1.165) is 0 Å². The number of halogens is 3. The first-order valence-corrected chi connectivity index (χ1v) is 14.7. The minimum atomic E-state index is -4.23. The Morgan fingerprint density at radius 3 is 2.42 bits per heavy atom. The van der Waals surface area contributed by atoms with Gasteiger partial charge in [-0.2, -0.15) is 13.2 Å². The largest absolute Gasteiger partial charge is 0.474 e. The molecule has 40 heavy (non-hydrogen) atoms. The monoisotopic (exact) mass is 579 g/mol. The van der Waals surface area contributed by atoms with Gasteiger partial charge in [-0.1, -0.05) is 19.1 Å². The molecule has 1 aromatic heterocycles. The van der Waals surface area contributed by atoms with Gasteiger partial charge in [0.1, 0.15) is 6.10 Å². The van der Waals surface area contributed by atoms with E-state index in [9.17, 15) is 31.5 Å². The summed E-state index contributed by atoms with van der Waals surface area (Å²) in [4.78, 5) is 19.1. The first-order valence-electron chi connectivity index (χ1n) is 13.0. The fraction of sp³-hybridized carbons (Fsp3) is 0.429. The van der Waals surface area contributed by atoms with E-state index < -0.39 is 34.5 Å². The SMILES string of the molecule is CCS(=O)(=O)c1ccc([C@H](CO)NC(=O)c2ccc3c(OC4CCN(CC(F)(F)F)CC4)nc(C)cc3c2)cc1. The van der Waals surface area contributed by atoms with Crippen molar-refractivity contribution >= 4 is 26.5 Å². The van der Waals surface area contributed by atoms with E-state index in [1.807, 2.05) is 0 Å². The van der Waals surface area contributed by atoms with Gasteiger partial charge in [-0.15, -0.1) is 0 Å². The number of aryl methyl sites for hydroxylation is 1. The Morgan fingerprint density at radius 1 is 1.15 bits per heavy atom. The second-order valence-corrected chi connectivity index (χ2v) is 12.2. The molecule has 1 fully saturated rings. The number of hydrogen-bond acceptors (Lipinski definition) is 7. The number of hydrogen-bond donors (Lipinski definition) is 2. The van der Waals surface area contributed by atoms with Gasteiger partial charge >= 0.3 is 6.18 Å². The summed E-state index contributed by atoms with van der Waals surface area (Å²) < 4.78 is 68.3. The molecule has 2 aromatic carbocycles. The van der Waals surface area contributed by atoms with Crippen LogP contribution in [0.1, 0.15) is 47.4 Å². The summed E-state index contributed by atoms with van der Waals surface area (Å²) in [7, 11) is -3.37. The average molecular weight is 580 g/mol. The van der Waals surface area contributed by atoms with Gasteiger partial charge in [-0.3, -0.25) is 9.69 Å². The van der Waals surface area contributed by atoms with Gasteiger partial charge in [0.15, 0.2) is 9.84 Å². The predicted octanol–water partition coefficient (Wildman–Crippen LogP) is 4.21. The van der Waals surface area contributed by atoms with Gasteiger partial charge in [-0.25, -0.2) is 13.4 Å². The number of nitrogens with zero attached hydrogens (tertiary/aromatic N) is 2. The maximum Gasteiger partial charge on any atom is 0.401 e. The Morgan fingerprint density at radius 2 is 1.82 bits per heavy atom. The van der Waals surface area contributed by atoms with Crippen LogP contribution in [0.15, 0.2) is 53.4 Å². The zero-order chi connectivity index (χ0) is 29.1. The van der Waals surface area contributed by atoms with E-state index in [1.54, 1.807) is 50.2 Å². The number of aromatic nitrogens is 1. The fourth-order valence-electron chi connectivity index (χ4n) is 4.73. The molecular weight excluding hydrogens is 547 g/mol. The lowest BCUT2D eigenvalue weighted by atomic mass is 10.0. The third-order valence-corrected chi connectivity index (χ3v) is 8.66. The predicted molar refractivity (Wildman–Crippen MR) is 144 cm³/mol. The van der Waals surface area contributed by atoms with Crippen molar-refractivity contribution in [2.45, 2.75) is 49.9 Å². The minimum Gasteiger partial charge on any atom is -0.474 e. The van der Waals surface area contributed by atoms with Gasteiger partial charge < -0.3 is 15.2 Å². The van der Waals surface area contributed by atoms with E-state index >= 15 is 0 Å². The van der Waals surface area contributed by atoms with Crippen molar-refractivity contribution < 1.29 is 36.2 Å². The van der Waals surface area contributed by atoms with E-state index in [4.69, 9.17) is 4.74 Å². The second-order valence-electron chi connectivity index (χ2n) is 9.89. The molecule has 8 nitrogen and oxygen atoms in total. The summed E-state index contributed by atoms with van der Waals surface area (Å²) in [5.74, 6) is -0.0935. The smallest absolute Gasteiger partial charge is 0.401 e. The summed E-state index contributed by atoms with van der Waals surface area (Å²) in [6.45, 7) is 2.58. The highest BCUT2D eigenvalue weighted by Crippen LogP contribution is 2.29. The molecule has 1 atom stereocenters. The molecule has 3 aromatic rings. The lowest BCUT2D eigenvalue weighted by Crippen LogP contribution is -2.42. The minimum absolute atomic E-state index is 0.0303. The highest BCUT2D eigenvalue weighted by atomic mass is 32.2. The standard InChI is InChI=1S/C28H32F3N3O5S/c1-3-40(37,38)23-7-4-19(5-8-23)25(16-35)33-26(36)20-6-9-24-21(15-20)14-18(2)32-27(24)39-22-10-12-34(13-11-22)17-28(29,30)31/h4-9,14-15,22,25,35H,3,10-13,16-17H2,1-2H3,(H,33,36)/t25-/m0/s1. The third-order valence-electron chi connectivity index (χ3n) is 6.91. The molecule has 0 unspecified atom stereocenters. The molecular formula is C28H32F3N3O5S. The Kier molecular flexibility index (Phi) is 9.01. The van der Waals surface area contributed by atoms with Crippen LogP contribution in [-0.4, -0.2) is 73.6 Å². The number of benzene rings is 2. The highest BCUT2D eigenvalue weighted by molar-refractivity contribution is 7.91. The molecule has 12 heteroatoms. The van der Waals surface area contributed by atoms with Crippen molar-refractivity contribution in [1.29, 1.82) is 0 Å². The number of rotatable bonds is 9. The van der Waals surface area contributed by atoms with E-state index in [2.05, 4.69) is 10.3 Å². The lowest BCUT2D eigenvalue weighted by Gasteiger charge is -2.32. The zero-order valence-corrected chi connectivity index (χ0v) is 23.1. The molecule has 216 valence electrons. The Balaban J connectivity index is 1.47. The number of fused-ring (bicyclic) bond motifs is 1. The van der Waals surface area contributed by atoms with Crippen LogP contribution < -0.4 is 10.1 Å². The molecule has 1 aliphatic rings. The summed E-state index contributed by atoms with van der Waals surface area (Å²) in [6, 6.07) is 12.1. The number of nitrogens with one attached hydrogen (secondary N) is 1. The molecule has 2 heterocycles. The molecule has 1 aliphatic heterocycles. The number of carbonyl (C=O) groups excluding carboxylic acids is 1. The van der Waals surface area contributed by atoms with Crippen LogP contribution in [0.5, 0.6) is 5.88 Å². The van der Waals surface area contributed by atoms with Gasteiger partial charge in [0.05, 0.1) is 29.8 Å². The number of aliphatic hydroxyl groups excluding tert-OH is 1. The Hall–Kier alpha value is -3.22. The number of ether oxygens (including phenoxy) is 1. The van der Waals surface area contributed by atoms with Crippen LogP contribution in [0.4, 0.5) is 13.2 Å². The molecule has 1 saturated heterocycles. The quantitative estimate of drug-likeness (QED) is 0.391. The topological polar surface area (TPSA) is 109 Å². The summed E-state index contributed by atoms with van der Waals surface area (Å²) >= 11 is 0.